The van der Waals surface area contributed by atoms with Crippen LogP contribution < -0.4 is 26.3 Å². The van der Waals surface area contributed by atoms with Gasteiger partial charge >= 0.3 is 0 Å². The molecule has 178 valence electrons. The number of fused-ring (bicyclic) bond motifs is 3. The second-order valence-electron chi connectivity index (χ2n) is 8.71. The third kappa shape index (κ3) is 5.18. The Morgan fingerprint density at radius 2 is 1.57 bits per heavy atom. The van der Waals surface area contributed by atoms with Crippen LogP contribution in [0.4, 0.5) is 0 Å². The van der Waals surface area contributed by atoms with Crippen molar-refractivity contribution in [1.82, 2.24) is 4.57 Å². The smallest absolute Gasteiger partial charge is 0.230 e. The zero-order valence-electron chi connectivity index (χ0n) is 20.3. The summed E-state index contributed by atoms with van der Waals surface area (Å²) in [5.41, 5.74) is 6.28. The highest BCUT2D eigenvalue weighted by Gasteiger charge is 2.20. The molecule has 0 aliphatic rings. The molecule has 0 N–H and O–H groups in total. The quantitative estimate of drug-likeness (QED) is 0.278. The van der Waals surface area contributed by atoms with E-state index in [1.165, 1.54) is 39.5 Å². The maximum atomic E-state index is 5.33. The van der Waals surface area contributed by atoms with E-state index in [4.69, 9.17) is 4.74 Å². The molecule has 0 amide bonds. The number of ether oxygens (including phenoxy) is 1. The topological polar surface area (TPSA) is 18.0 Å². The third-order valence-electron chi connectivity index (χ3n) is 6.46. The average Bonchev–Trinajstić information content (AvgIpc) is 3.21. The molecule has 4 heteroatoms. The lowest BCUT2D eigenvalue weighted by atomic mass is 10.1. The molecule has 35 heavy (non-hydrogen) atoms. The number of halogens is 1. The van der Waals surface area contributed by atoms with E-state index < -0.39 is 0 Å². The average molecular weight is 528 g/mol. The van der Waals surface area contributed by atoms with Gasteiger partial charge in [0.05, 0.1) is 7.11 Å². The van der Waals surface area contributed by atoms with Gasteiger partial charge in [-0.05, 0) is 36.3 Å². The second-order valence-corrected chi connectivity index (χ2v) is 8.71. The molecule has 0 radical (unpaired) electrons. The van der Waals surface area contributed by atoms with Gasteiger partial charge in [-0.2, -0.15) is 4.57 Å². The number of hydrogen-bond donors (Lipinski definition) is 0. The van der Waals surface area contributed by atoms with Gasteiger partial charge in [-0.15, -0.1) is 0 Å². The first kappa shape index (κ1) is 24.7. The normalized spacial score (nSPS) is 11.3. The van der Waals surface area contributed by atoms with Crippen LogP contribution in [0.3, 0.4) is 0 Å². The van der Waals surface area contributed by atoms with Crippen LogP contribution in [0.25, 0.3) is 34.0 Å². The van der Waals surface area contributed by atoms with E-state index in [9.17, 15) is 0 Å². The van der Waals surface area contributed by atoms with Gasteiger partial charge in [0.15, 0.2) is 12.7 Å². The Hall–Kier alpha value is -3.37. The Balaban J connectivity index is 0.00000289. The van der Waals surface area contributed by atoms with Gasteiger partial charge in [-0.3, -0.25) is 0 Å². The summed E-state index contributed by atoms with van der Waals surface area (Å²) >= 11 is 0. The van der Waals surface area contributed by atoms with Crippen LogP contribution >= 0.6 is 0 Å². The van der Waals surface area contributed by atoms with Gasteiger partial charge in [-0.1, -0.05) is 74.0 Å². The monoisotopic (exact) mass is 526 g/mol. The molecule has 0 bridgehead atoms. The van der Waals surface area contributed by atoms with Crippen LogP contribution in [0.15, 0.2) is 91.1 Å². The number of para-hydroxylation sites is 1. The maximum Gasteiger partial charge on any atom is 0.230 e. The van der Waals surface area contributed by atoms with Crippen molar-refractivity contribution in [3.05, 3.63) is 108 Å². The fourth-order valence-corrected chi connectivity index (χ4v) is 4.69. The summed E-state index contributed by atoms with van der Waals surface area (Å²) in [4.78, 5) is 0. The zero-order valence-corrected chi connectivity index (χ0v) is 21.9. The van der Waals surface area contributed by atoms with Gasteiger partial charge in [-0.25, -0.2) is 0 Å². The number of benzene rings is 3. The van der Waals surface area contributed by atoms with Crippen molar-refractivity contribution >= 4 is 34.0 Å². The molecule has 0 saturated heterocycles. The van der Waals surface area contributed by atoms with Crippen molar-refractivity contribution in [2.45, 2.75) is 32.9 Å². The second kappa shape index (κ2) is 11.4. The van der Waals surface area contributed by atoms with E-state index in [1.54, 1.807) is 7.11 Å². The van der Waals surface area contributed by atoms with Gasteiger partial charge < -0.3 is 26.3 Å². The van der Waals surface area contributed by atoms with Gasteiger partial charge in [0.1, 0.15) is 11.3 Å². The predicted octanol–water partition coefficient (Wildman–Crippen LogP) is 4.11. The molecular weight excluding hydrogens is 496 g/mol. The molecule has 0 saturated carbocycles. The van der Waals surface area contributed by atoms with Crippen molar-refractivity contribution in [3.8, 4) is 5.75 Å². The molecule has 5 rings (SSSR count). The molecule has 0 unspecified atom stereocenters. The standard InChI is InChI=1S/C31H31N2O.BrH/c1-3-4-21-33-29-13-9-8-12-27(29)28-20-22-32(23-25-10-6-5-7-11-25)30(31(28)33)19-16-24-14-17-26(34-2)18-15-24;/h5-20,22H,3-4,21,23H2,1-2H3;1H/q+1;/p-1/b19-16+;. The molecule has 0 aliphatic heterocycles. The molecule has 2 aromatic heterocycles. The van der Waals surface area contributed by atoms with E-state index in [2.05, 4.69) is 107 Å². The molecule has 3 aromatic carbocycles. The van der Waals surface area contributed by atoms with E-state index in [0.717, 1.165) is 30.8 Å². The molecular formula is C31H31BrN2O. The van der Waals surface area contributed by atoms with Crippen molar-refractivity contribution in [2.75, 3.05) is 7.11 Å². The fourth-order valence-electron chi connectivity index (χ4n) is 4.69. The van der Waals surface area contributed by atoms with Crippen molar-refractivity contribution in [1.29, 1.82) is 0 Å². The molecule has 0 fully saturated rings. The predicted molar refractivity (Wildman–Crippen MR) is 142 cm³/mol. The largest absolute Gasteiger partial charge is 1.00 e. The van der Waals surface area contributed by atoms with Crippen LogP contribution in [0.5, 0.6) is 5.75 Å². The summed E-state index contributed by atoms with van der Waals surface area (Å²) in [5.74, 6) is 0.873. The highest BCUT2D eigenvalue weighted by molar-refractivity contribution is 6.09. The van der Waals surface area contributed by atoms with E-state index in [0.29, 0.717) is 0 Å². The van der Waals surface area contributed by atoms with Crippen LogP contribution in [0.1, 0.15) is 36.6 Å². The summed E-state index contributed by atoms with van der Waals surface area (Å²) in [7, 11) is 1.70. The number of pyridine rings is 1. The lowest BCUT2D eigenvalue weighted by Crippen LogP contribution is -3.00. The van der Waals surface area contributed by atoms with Crippen molar-refractivity contribution < 1.29 is 26.3 Å². The maximum absolute atomic E-state index is 5.33. The number of aryl methyl sites for hydroxylation is 1. The summed E-state index contributed by atoms with van der Waals surface area (Å²) in [6.07, 6.45) is 9.04. The third-order valence-corrected chi connectivity index (χ3v) is 6.46. The van der Waals surface area contributed by atoms with Crippen LogP contribution in [0, 0.1) is 0 Å². The van der Waals surface area contributed by atoms with Crippen LogP contribution in [-0.2, 0) is 13.1 Å². The highest BCUT2D eigenvalue weighted by atomic mass is 79.9. The summed E-state index contributed by atoms with van der Waals surface area (Å²) < 4.78 is 10.2. The summed E-state index contributed by atoms with van der Waals surface area (Å²) in [5, 5.41) is 2.63. The number of hydrogen-bond acceptors (Lipinski definition) is 1. The van der Waals surface area contributed by atoms with Crippen molar-refractivity contribution in [2.24, 2.45) is 0 Å². The molecule has 5 aromatic rings. The first-order valence-electron chi connectivity index (χ1n) is 12.1. The lowest BCUT2D eigenvalue weighted by Gasteiger charge is -2.09. The Morgan fingerprint density at radius 1 is 0.829 bits per heavy atom. The molecule has 0 atom stereocenters. The van der Waals surface area contributed by atoms with E-state index >= 15 is 0 Å². The number of unbranched alkanes of at least 4 members (excludes halogenated alkanes) is 1. The number of nitrogens with zero attached hydrogens (tertiary/aromatic N) is 2. The molecule has 0 spiro atoms. The fraction of sp³-hybridized carbons (Fsp3) is 0.194. The van der Waals surface area contributed by atoms with E-state index in [1.807, 2.05) is 12.1 Å². The SMILES string of the molecule is CCCCn1c2ccccc2c2cc[n+](Cc3ccccc3)c(/C=C/c3ccc(OC)cc3)c21.[Br-]. The summed E-state index contributed by atoms with van der Waals surface area (Å²) in [6, 6.07) is 30.0. The van der Waals surface area contributed by atoms with Gasteiger partial charge in [0.2, 0.25) is 5.69 Å². The first-order chi connectivity index (χ1) is 16.8. The first-order valence-corrected chi connectivity index (χ1v) is 12.1. The molecule has 3 nitrogen and oxygen atoms in total. The lowest BCUT2D eigenvalue weighted by molar-refractivity contribution is -0.688. The number of rotatable bonds is 8. The Bertz CT molecular complexity index is 1440. The van der Waals surface area contributed by atoms with Gasteiger partial charge in [0, 0.05) is 40.5 Å². The molecule has 2 heterocycles. The van der Waals surface area contributed by atoms with E-state index in [-0.39, 0.29) is 17.0 Å². The zero-order chi connectivity index (χ0) is 23.3. The minimum Gasteiger partial charge on any atom is -1.00 e. The number of aromatic nitrogens is 2. The Morgan fingerprint density at radius 3 is 2.31 bits per heavy atom. The molecule has 0 aliphatic carbocycles. The minimum atomic E-state index is 0. The van der Waals surface area contributed by atoms with Gasteiger partial charge in [0.25, 0.3) is 0 Å². The van der Waals surface area contributed by atoms with Crippen molar-refractivity contribution in [3.63, 3.8) is 0 Å². The Labute approximate surface area is 218 Å². The van der Waals surface area contributed by atoms with Crippen LogP contribution in [-0.4, -0.2) is 11.7 Å². The highest BCUT2D eigenvalue weighted by Crippen LogP contribution is 2.31. The minimum absolute atomic E-state index is 0. The Kier molecular flexibility index (Phi) is 8.04. The summed E-state index contributed by atoms with van der Waals surface area (Å²) in [6.45, 7) is 4.10. The number of methoxy groups -OCH3 is 1. The van der Waals surface area contributed by atoms with Crippen LogP contribution in [0.2, 0.25) is 0 Å².